The van der Waals surface area contributed by atoms with Crippen molar-refractivity contribution in [1.29, 1.82) is 0 Å². The number of hydrogen-bond donors (Lipinski definition) is 3. The van der Waals surface area contributed by atoms with Crippen LogP contribution in [0.25, 0.3) is 0 Å². The molecular formula is C8H17N5O. The predicted octanol–water partition coefficient (Wildman–Crippen LogP) is -1.35. The van der Waals surface area contributed by atoms with Crippen molar-refractivity contribution in [3.63, 3.8) is 0 Å². The molecule has 1 amide bonds. The number of nitrogens with one attached hydrogen (secondary N) is 2. The number of guanidine groups is 1. The van der Waals surface area contributed by atoms with E-state index in [-0.39, 0.29) is 5.91 Å². The van der Waals surface area contributed by atoms with Crippen LogP contribution in [0, 0.1) is 0 Å². The van der Waals surface area contributed by atoms with Gasteiger partial charge in [-0.2, -0.15) is 0 Å². The summed E-state index contributed by atoms with van der Waals surface area (Å²) < 4.78 is 0. The molecule has 0 aromatic carbocycles. The van der Waals surface area contributed by atoms with E-state index in [0.29, 0.717) is 19.0 Å². The number of nitrogens with two attached hydrogens (primary N) is 1. The van der Waals surface area contributed by atoms with E-state index in [1.807, 2.05) is 11.8 Å². The molecule has 1 aliphatic heterocycles. The van der Waals surface area contributed by atoms with Crippen LogP contribution in [0.4, 0.5) is 0 Å². The van der Waals surface area contributed by atoms with Gasteiger partial charge in [0.05, 0.1) is 6.54 Å². The van der Waals surface area contributed by atoms with E-state index in [2.05, 4.69) is 15.7 Å². The fourth-order valence-electron chi connectivity index (χ4n) is 1.27. The van der Waals surface area contributed by atoms with Crippen LogP contribution in [-0.4, -0.2) is 42.9 Å². The van der Waals surface area contributed by atoms with Crippen LogP contribution in [0.5, 0.6) is 0 Å². The second-order valence-corrected chi connectivity index (χ2v) is 3.12. The first-order valence-corrected chi connectivity index (χ1v) is 4.80. The molecule has 1 saturated heterocycles. The molecule has 1 rings (SSSR count). The van der Waals surface area contributed by atoms with Gasteiger partial charge in [-0.25, -0.2) is 5.84 Å². The summed E-state index contributed by atoms with van der Waals surface area (Å²) in [6.45, 7) is 4.48. The number of rotatable bonds is 2. The van der Waals surface area contributed by atoms with Gasteiger partial charge in [-0.05, 0) is 6.42 Å². The molecule has 6 heteroatoms. The fraction of sp³-hybridized carbons (Fsp3) is 0.750. The number of aliphatic imine (C=N–C) groups is 1. The highest BCUT2D eigenvalue weighted by atomic mass is 16.2. The normalized spacial score (nSPS) is 18.0. The zero-order valence-electron chi connectivity index (χ0n) is 8.42. The molecule has 0 saturated carbocycles. The summed E-state index contributed by atoms with van der Waals surface area (Å²) >= 11 is 0. The van der Waals surface area contributed by atoms with Crippen molar-refractivity contribution < 1.29 is 4.79 Å². The van der Waals surface area contributed by atoms with E-state index < -0.39 is 0 Å². The van der Waals surface area contributed by atoms with Gasteiger partial charge < -0.3 is 10.2 Å². The van der Waals surface area contributed by atoms with Gasteiger partial charge in [-0.1, -0.05) is 6.92 Å². The summed E-state index contributed by atoms with van der Waals surface area (Å²) in [5, 5.41) is 2.74. The Kier molecular flexibility index (Phi) is 4.18. The van der Waals surface area contributed by atoms with Gasteiger partial charge >= 0.3 is 0 Å². The third kappa shape index (κ3) is 2.88. The summed E-state index contributed by atoms with van der Waals surface area (Å²) in [6.07, 6.45) is 0.964. The second-order valence-electron chi connectivity index (χ2n) is 3.12. The lowest BCUT2D eigenvalue weighted by Gasteiger charge is -2.28. The second kappa shape index (κ2) is 5.43. The minimum absolute atomic E-state index is 0.00991. The van der Waals surface area contributed by atoms with E-state index in [1.165, 1.54) is 0 Å². The van der Waals surface area contributed by atoms with Gasteiger partial charge in [0.15, 0.2) is 0 Å². The molecule has 0 radical (unpaired) electrons. The monoisotopic (exact) mass is 199 g/mol. The molecule has 0 bridgehead atoms. The average molecular weight is 199 g/mol. The Morgan fingerprint density at radius 2 is 2.57 bits per heavy atom. The Balaban J connectivity index is 2.54. The van der Waals surface area contributed by atoms with Crippen molar-refractivity contribution in [3.05, 3.63) is 0 Å². The number of nitrogens with zero attached hydrogens (tertiary/aromatic N) is 2. The highest BCUT2D eigenvalue weighted by Gasteiger charge is 2.18. The van der Waals surface area contributed by atoms with E-state index in [4.69, 9.17) is 5.84 Å². The third-order valence-electron chi connectivity index (χ3n) is 1.95. The minimum atomic E-state index is 0.00991. The van der Waals surface area contributed by atoms with Crippen LogP contribution in [0.15, 0.2) is 4.99 Å². The molecule has 1 aliphatic rings. The number of piperazine rings is 1. The first-order valence-electron chi connectivity index (χ1n) is 4.80. The quantitative estimate of drug-likeness (QED) is 0.222. The minimum Gasteiger partial charge on any atom is -0.353 e. The molecule has 0 aliphatic carbocycles. The molecule has 4 N–H and O–H groups in total. The maximum absolute atomic E-state index is 11.1. The summed E-state index contributed by atoms with van der Waals surface area (Å²) in [5.41, 5.74) is 2.52. The highest BCUT2D eigenvalue weighted by molar-refractivity contribution is 5.87. The van der Waals surface area contributed by atoms with E-state index in [9.17, 15) is 4.79 Å². The van der Waals surface area contributed by atoms with Gasteiger partial charge in [-0.3, -0.25) is 15.2 Å². The van der Waals surface area contributed by atoms with Crippen molar-refractivity contribution in [2.75, 3.05) is 26.2 Å². The van der Waals surface area contributed by atoms with Crippen LogP contribution in [0.3, 0.4) is 0 Å². The van der Waals surface area contributed by atoms with E-state index in [1.54, 1.807) is 0 Å². The van der Waals surface area contributed by atoms with Crippen molar-refractivity contribution in [2.24, 2.45) is 10.8 Å². The van der Waals surface area contributed by atoms with Crippen molar-refractivity contribution in [1.82, 2.24) is 15.6 Å². The van der Waals surface area contributed by atoms with Crippen molar-refractivity contribution in [3.8, 4) is 0 Å². The zero-order valence-corrected chi connectivity index (χ0v) is 8.42. The first-order chi connectivity index (χ1) is 6.77. The Morgan fingerprint density at radius 1 is 1.79 bits per heavy atom. The molecule has 0 atom stereocenters. The molecule has 1 heterocycles. The Morgan fingerprint density at radius 3 is 3.14 bits per heavy atom. The van der Waals surface area contributed by atoms with Gasteiger partial charge in [0.1, 0.15) is 0 Å². The number of amides is 1. The van der Waals surface area contributed by atoms with E-state index in [0.717, 1.165) is 19.5 Å². The topological polar surface area (TPSA) is 82.8 Å². The summed E-state index contributed by atoms with van der Waals surface area (Å²) in [7, 11) is 0. The lowest BCUT2D eigenvalue weighted by molar-refractivity contribution is -0.122. The SMILES string of the molecule is CCCN=C(NN)N1CCNC(=O)C1. The molecule has 0 aromatic heterocycles. The standard InChI is InChI=1S/C8H17N5O/c1-2-3-11-8(12-9)13-5-4-10-7(14)6-13/h2-6,9H2,1H3,(H,10,14)(H,11,12). The summed E-state index contributed by atoms with van der Waals surface area (Å²) in [4.78, 5) is 17.2. The lowest BCUT2D eigenvalue weighted by atomic mass is 10.4. The lowest BCUT2D eigenvalue weighted by Crippen LogP contribution is -2.55. The Hall–Kier alpha value is -1.30. The van der Waals surface area contributed by atoms with Crippen LogP contribution in [0.2, 0.25) is 0 Å². The zero-order chi connectivity index (χ0) is 10.4. The molecule has 80 valence electrons. The maximum atomic E-state index is 11.1. The average Bonchev–Trinajstić information content (AvgIpc) is 2.19. The molecule has 0 spiro atoms. The Labute approximate surface area is 83.5 Å². The van der Waals surface area contributed by atoms with Crippen LogP contribution >= 0.6 is 0 Å². The number of hydrogen-bond acceptors (Lipinski definition) is 3. The van der Waals surface area contributed by atoms with Crippen LogP contribution in [0.1, 0.15) is 13.3 Å². The van der Waals surface area contributed by atoms with E-state index >= 15 is 0 Å². The molecule has 1 fully saturated rings. The molecule has 6 nitrogen and oxygen atoms in total. The Bertz CT molecular complexity index is 228. The molecule has 0 aromatic rings. The molecular weight excluding hydrogens is 182 g/mol. The largest absolute Gasteiger partial charge is 0.353 e. The summed E-state index contributed by atoms with van der Waals surface area (Å²) in [5.74, 6) is 5.94. The van der Waals surface area contributed by atoms with Crippen LogP contribution in [-0.2, 0) is 4.79 Å². The fourth-order valence-corrected chi connectivity index (χ4v) is 1.27. The van der Waals surface area contributed by atoms with Crippen LogP contribution < -0.4 is 16.6 Å². The number of hydrazine groups is 1. The highest BCUT2D eigenvalue weighted by Crippen LogP contribution is 1.94. The maximum Gasteiger partial charge on any atom is 0.239 e. The smallest absolute Gasteiger partial charge is 0.239 e. The number of carbonyl (C=O) groups is 1. The first kappa shape index (κ1) is 10.8. The van der Waals surface area contributed by atoms with Gasteiger partial charge in [-0.15, -0.1) is 0 Å². The van der Waals surface area contributed by atoms with Crippen molar-refractivity contribution >= 4 is 11.9 Å². The van der Waals surface area contributed by atoms with Gasteiger partial charge in [0.25, 0.3) is 0 Å². The van der Waals surface area contributed by atoms with Gasteiger partial charge in [0.2, 0.25) is 11.9 Å². The van der Waals surface area contributed by atoms with Crippen molar-refractivity contribution in [2.45, 2.75) is 13.3 Å². The van der Waals surface area contributed by atoms with Gasteiger partial charge in [0, 0.05) is 19.6 Å². The third-order valence-corrected chi connectivity index (χ3v) is 1.95. The predicted molar refractivity (Wildman–Crippen MR) is 54.5 cm³/mol. The number of carbonyl (C=O) groups excluding carboxylic acids is 1. The summed E-state index contributed by atoms with van der Waals surface area (Å²) in [6, 6.07) is 0. The molecule has 14 heavy (non-hydrogen) atoms. The molecule has 0 unspecified atom stereocenters.